The summed E-state index contributed by atoms with van der Waals surface area (Å²) in [6.07, 6.45) is 0. The van der Waals surface area contributed by atoms with Crippen LogP contribution in [0.2, 0.25) is 0 Å². The Morgan fingerprint density at radius 1 is 1.13 bits per heavy atom. The summed E-state index contributed by atoms with van der Waals surface area (Å²) >= 11 is 1.24. The summed E-state index contributed by atoms with van der Waals surface area (Å²) in [5.41, 5.74) is 2.94. The molecule has 23 heavy (non-hydrogen) atoms. The molecule has 1 aliphatic heterocycles. The molecule has 0 bridgehead atoms. The molecular formula is C16H10FN3O2S. The quantitative estimate of drug-likeness (QED) is 0.784. The van der Waals surface area contributed by atoms with E-state index in [2.05, 4.69) is 14.9 Å². The monoisotopic (exact) mass is 327 g/mol. The molecule has 0 radical (unpaired) electrons. The van der Waals surface area contributed by atoms with Crippen molar-refractivity contribution in [1.82, 2.24) is 9.59 Å². The van der Waals surface area contributed by atoms with Crippen LogP contribution in [0.5, 0.6) is 5.75 Å². The zero-order chi connectivity index (χ0) is 15.8. The van der Waals surface area contributed by atoms with Crippen LogP contribution in [0.4, 0.5) is 10.1 Å². The largest absolute Gasteiger partial charge is 0.482 e. The number of rotatable bonds is 2. The second-order valence-corrected chi connectivity index (χ2v) is 5.76. The molecule has 114 valence electrons. The van der Waals surface area contributed by atoms with E-state index in [4.69, 9.17) is 4.74 Å². The van der Waals surface area contributed by atoms with Crippen LogP contribution in [-0.4, -0.2) is 22.1 Å². The second kappa shape index (κ2) is 5.44. The first kappa shape index (κ1) is 13.8. The molecule has 2 aromatic carbocycles. The van der Waals surface area contributed by atoms with Crippen molar-refractivity contribution in [1.29, 1.82) is 0 Å². The van der Waals surface area contributed by atoms with Crippen molar-refractivity contribution in [3.05, 3.63) is 48.3 Å². The molecule has 2 heterocycles. The normalized spacial score (nSPS) is 13.2. The van der Waals surface area contributed by atoms with Gasteiger partial charge in [0, 0.05) is 5.56 Å². The average Bonchev–Trinajstić information content (AvgIpc) is 3.04. The highest BCUT2D eigenvalue weighted by Gasteiger charge is 2.19. The molecule has 0 unspecified atom stereocenters. The number of carbonyl (C=O) groups excluding carboxylic acids is 1. The Morgan fingerprint density at radius 2 is 1.91 bits per heavy atom. The van der Waals surface area contributed by atoms with Crippen molar-refractivity contribution < 1.29 is 13.9 Å². The number of nitrogens with zero attached hydrogens (tertiary/aromatic N) is 2. The number of nitrogens with one attached hydrogen (secondary N) is 1. The number of carbonyl (C=O) groups is 1. The Kier molecular flexibility index (Phi) is 3.27. The van der Waals surface area contributed by atoms with Gasteiger partial charge in [0.25, 0.3) is 5.91 Å². The van der Waals surface area contributed by atoms with E-state index in [9.17, 15) is 9.18 Å². The summed E-state index contributed by atoms with van der Waals surface area (Å²) in [6, 6.07) is 11.6. The number of hydrogen-bond donors (Lipinski definition) is 1. The third-order valence-corrected chi connectivity index (χ3v) is 4.26. The molecule has 0 fully saturated rings. The number of anilines is 1. The number of hydrogen-bond acceptors (Lipinski definition) is 5. The van der Waals surface area contributed by atoms with E-state index in [0.29, 0.717) is 17.1 Å². The van der Waals surface area contributed by atoms with Gasteiger partial charge in [0.2, 0.25) is 0 Å². The van der Waals surface area contributed by atoms with Crippen LogP contribution in [0.25, 0.3) is 21.7 Å². The Bertz CT molecular complexity index is 893. The number of ether oxygens (including phenoxy) is 1. The lowest BCUT2D eigenvalue weighted by Gasteiger charge is -2.18. The Labute approximate surface area is 134 Å². The molecule has 1 aromatic heterocycles. The van der Waals surface area contributed by atoms with Crippen molar-refractivity contribution in [2.24, 2.45) is 0 Å². The summed E-state index contributed by atoms with van der Waals surface area (Å²) in [7, 11) is 0. The molecule has 4 rings (SSSR count). The van der Waals surface area contributed by atoms with Crippen LogP contribution in [0, 0.1) is 5.82 Å². The third-order valence-electron chi connectivity index (χ3n) is 3.48. The van der Waals surface area contributed by atoms with E-state index in [1.165, 1.54) is 23.7 Å². The minimum absolute atomic E-state index is 0.0193. The number of benzene rings is 2. The van der Waals surface area contributed by atoms with Crippen molar-refractivity contribution in [2.45, 2.75) is 0 Å². The molecule has 3 aromatic rings. The molecule has 5 nitrogen and oxygen atoms in total. The maximum Gasteiger partial charge on any atom is 0.262 e. The van der Waals surface area contributed by atoms with E-state index in [0.717, 1.165) is 16.0 Å². The zero-order valence-corrected chi connectivity index (χ0v) is 12.6. The standard InChI is InChI=1S/C16H10FN3O2S/c17-11-4-1-9(2-5-11)16-15(19-20-23-16)10-3-6-13-12(7-10)18-14(21)8-22-13/h1-7H,8H2,(H,18,21). The van der Waals surface area contributed by atoms with Gasteiger partial charge in [-0.2, -0.15) is 0 Å². The van der Waals surface area contributed by atoms with Crippen molar-refractivity contribution in [3.63, 3.8) is 0 Å². The van der Waals surface area contributed by atoms with E-state index < -0.39 is 0 Å². The third kappa shape index (κ3) is 2.55. The first-order valence-corrected chi connectivity index (χ1v) is 7.63. The van der Waals surface area contributed by atoms with Crippen molar-refractivity contribution >= 4 is 23.1 Å². The highest BCUT2D eigenvalue weighted by atomic mass is 32.1. The summed E-state index contributed by atoms with van der Waals surface area (Å²) < 4.78 is 22.4. The summed E-state index contributed by atoms with van der Waals surface area (Å²) in [5, 5.41) is 6.95. The first-order valence-electron chi connectivity index (χ1n) is 6.86. The highest BCUT2D eigenvalue weighted by molar-refractivity contribution is 7.09. The predicted octanol–water partition coefficient (Wildman–Crippen LogP) is 3.34. The molecule has 0 spiro atoms. The molecular weight excluding hydrogens is 317 g/mol. The van der Waals surface area contributed by atoms with Crippen LogP contribution in [0.1, 0.15) is 0 Å². The lowest BCUT2D eigenvalue weighted by Crippen LogP contribution is -2.25. The van der Waals surface area contributed by atoms with E-state index in [-0.39, 0.29) is 18.3 Å². The molecule has 1 amide bonds. The number of halogens is 1. The van der Waals surface area contributed by atoms with Crippen molar-refractivity contribution in [2.75, 3.05) is 11.9 Å². The van der Waals surface area contributed by atoms with Crippen LogP contribution in [-0.2, 0) is 4.79 Å². The molecule has 1 N–H and O–H groups in total. The van der Waals surface area contributed by atoms with Gasteiger partial charge in [-0.05, 0) is 47.4 Å². The Hall–Kier alpha value is -2.80. The highest BCUT2D eigenvalue weighted by Crippen LogP contribution is 2.37. The minimum Gasteiger partial charge on any atom is -0.482 e. The van der Waals surface area contributed by atoms with Crippen LogP contribution < -0.4 is 10.1 Å². The van der Waals surface area contributed by atoms with Gasteiger partial charge in [-0.1, -0.05) is 16.6 Å². The average molecular weight is 327 g/mol. The van der Waals surface area contributed by atoms with Gasteiger partial charge in [-0.3, -0.25) is 4.79 Å². The molecule has 0 atom stereocenters. The number of amides is 1. The first-order chi connectivity index (χ1) is 11.2. The Balaban J connectivity index is 1.77. The fourth-order valence-corrected chi connectivity index (χ4v) is 3.09. The lowest BCUT2D eigenvalue weighted by molar-refractivity contribution is -0.118. The maximum atomic E-state index is 13.1. The fourth-order valence-electron chi connectivity index (χ4n) is 2.40. The SMILES string of the molecule is O=C1COc2ccc(-c3nnsc3-c3ccc(F)cc3)cc2N1. The smallest absolute Gasteiger partial charge is 0.262 e. The van der Waals surface area contributed by atoms with Gasteiger partial charge in [0.1, 0.15) is 17.3 Å². The number of fused-ring (bicyclic) bond motifs is 1. The molecule has 0 saturated carbocycles. The minimum atomic E-state index is -0.290. The second-order valence-electron chi connectivity index (χ2n) is 5.01. The van der Waals surface area contributed by atoms with Gasteiger partial charge in [-0.25, -0.2) is 4.39 Å². The van der Waals surface area contributed by atoms with Gasteiger partial charge < -0.3 is 10.1 Å². The molecule has 1 aliphatic rings. The summed E-state index contributed by atoms with van der Waals surface area (Å²) in [5.74, 6) is 0.145. The predicted molar refractivity (Wildman–Crippen MR) is 84.9 cm³/mol. The van der Waals surface area contributed by atoms with E-state index in [1.807, 2.05) is 6.07 Å². The lowest BCUT2D eigenvalue weighted by atomic mass is 10.1. The van der Waals surface area contributed by atoms with E-state index in [1.54, 1.807) is 24.3 Å². The summed E-state index contributed by atoms with van der Waals surface area (Å²) in [6.45, 7) is 0.0193. The zero-order valence-electron chi connectivity index (χ0n) is 11.7. The van der Waals surface area contributed by atoms with Crippen LogP contribution in [0.15, 0.2) is 42.5 Å². The topological polar surface area (TPSA) is 64.1 Å². The van der Waals surface area contributed by atoms with Gasteiger partial charge >= 0.3 is 0 Å². The Morgan fingerprint density at radius 3 is 2.74 bits per heavy atom. The van der Waals surface area contributed by atoms with E-state index >= 15 is 0 Å². The maximum absolute atomic E-state index is 13.1. The molecule has 0 aliphatic carbocycles. The van der Waals surface area contributed by atoms with Crippen LogP contribution in [0.3, 0.4) is 0 Å². The van der Waals surface area contributed by atoms with Gasteiger partial charge in [0.05, 0.1) is 10.6 Å². The number of aromatic nitrogens is 2. The fraction of sp³-hybridized carbons (Fsp3) is 0.0625. The van der Waals surface area contributed by atoms with Gasteiger partial charge in [0.15, 0.2) is 6.61 Å². The van der Waals surface area contributed by atoms with Gasteiger partial charge in [-0.15, -0.1) is 5.10 Å². The molecule has 7 heteroatoms. The van der Waals surface area contributed by atoms with Crippen molar-refractivity contribution in [3.8, 4) is 27.4 Å². The molecule has 0 saturated heterocycles. The van der Waals surface area contributed by atoms with Crippen LogP contribution >= 0.6 is 11.5 Å². The summed E-state index contributed by atoms with van der Waals surface area (Å²) in [4.78, 5) is 12.3.